The summed E-state index contributed by atoms with van der Waals surface area (Å²) in [7, 11) is 1.53. The van der Waals surface area contributed by atoms with Crippen LogP contribution in [0, 0.1) is 0 Å². The van der Waals surface area contributed by atoms with E-state index in [4.69, 9.17) is 21.1 Å². The molecule has 0 fully saturated rings. The van der Waals surface area contributed by atoms with Crippen LogP contribution < -0.4 is 14.8 Å². The number of halogens is 1. The minimum Gasteiger partial charge on any atom is -0.484 e. The van der Waals surface area contributed by atoms with Crippen molar-refractivity contribution in [2.45, 2.75) is 0 Å². The summed E-state index contributed by atoms with van der Waals surface area (Å²) in [5.74, 6) is 0.796. The van der Waals surface area contributed by atoms with Crippen LogP contribution in [-0.2, 0) is 4.79 Å². The van der Waals surface area contributed by atoms with Gasteiger partial charge < -0.3 is 14.8 Å². The van der Waals surface area contributed by atoms with Gasteiger partial charge in [0.15, 0.2) is 6.61 Å². The van der Waals surface area contributed by atoms with Crippen molar-refractivity contribution in [2.24, 2.45) is 0 Å². The Morgan fingerprint density at radius 1 is 1.25 bits per heavy atom. The van der Waals surface area contributed by atoms with Gasteiger partial charge >= 0.3 is 0 Å². The Kier molecular flexibility index (Phi) is 4.79. The molecule has 0 spiro atoms. The Balaban J connectivity index is 1.84. The van der Waals surface area contributed by atoms with Gasteiger partial charge in [-0.05, 0) is 30.3 Å². The number of anilines is 1. The van der Waals surface area contributed by atoms with E-state index in [-0.39, 0.29) is 12.5 Å². The van der Waals surface area contributed by atoms with Gasteiger partial charge in [0, 0.05) is 11.1 Å². The summed E-state index contributed by atoms with van der Waals surface area (Å²) in [6, 6.07) is 10.2. The maximum atomic E-state index is 11.7. The third-order valence-corrected chi connectivity index (χ3v) is 2.66. The maximum Gasteiger partial charge on any atom is 0.262 e. The van der Waals surface area contributed by atoms with E-state index in [1.807, 2.05) is 0 Å². The van der Waals surface area contributed by atoms with Gasteiger partial charge in [0.05, 0.1) is 19.0 Å². The molecule has 0 radical (unpaired) electrons. The molecule has 1 aromatic heterocycles. The standard InChI is InChI=1S/C14H13ClN2O3/c1-19-14-7-4-11(8-16-14)17-13(18)9-20-12-5-2-10(15)3-6-12/h2-8H,9H2,1H3,(H,17,18). The second-order valence-corrected chi connectivity index (χ2v) is 4.32. The van der Waals surface area contributed by atoms with Crippen LogP contribution in [0.4, 0.5) is 5.69 Å². The van der Waals surface area contributed by atoms with Gasteiger partial charge in [0.1, 0.15) is 5.75 Å². The Morgan fingerprint density at radius 2 is 2.00 bits per heavy atom. The lowest BCUT2D eigenvalue weighted by Gasteiger charge is -2.07. The van der Waals surface area contributed by atoms with Gasteiger partial charge in [0.2, 0.25) is 5.88 Å². The van der Waals surface area contributed by atoms with Crippen molar-refractivity contribution in [2.75, 3.05) is 19.0 Å². The van der Waals surface area contributed by atoms with Crippen LogP contribution in [0.15, 0.2) is 42.6 Å². The summed E-state index contributed by atoms with van der Waals surface area (Å²) >= 11 is 5.75. The van der Waals surface area contributed by atoms with Crippen LogP contribution in [0.1, 0.15) is 0 Å². The molecule has 0 saturated carbocycles. The summed E-state index contributed by atoms with van der Waals surface area (Å²) in [4.78, 5) is 15.7. The molecule has 1 aromatic carbocycles. The molecule has 0 bridgehead atoms. The average molecular weight is 293 g/mol. The third-order valence-electron chi connectivity index (χ3n) is 2.41. The molecule has 0 aliphatic heterocycles. The lowest BCUT2D eigenvalue weighted by molar-refractivity contribution is -0.118. The predicted molar refractivity (Wildman–Crippen MR) is 76.4 cm³/mol. The number of amides is 1. The highest BCUT2D eigenvalue weighted by atomic mass is 35.5. The molecule has 2 aromatic rings. The van der Waals surface area contributed by atoms with Gasteiger partial charge in [-0.3, -0.25) is 4.79 Å². The van der Waals surface area contributed by atoms with E-state index in [0.29, 0.717) is 22.3 Å². The van der Waals surface area contributed by atoms with Gasteiger partial charge in [-0.2, -0.15) is 0 Å². The summed E-state index contributed by atoms with van der Waals surface area (Å²) in [6.07, 6.45) is 1.51. The largest absolute Gasteiger partial charge is 0.484 e. The van der Waals surface area contributed by atoms with E-state index < -0.39 is 0 Å². The SMILES string of the molecule is COc1ccc(NC(=O)COc2ccc(Cl)cc2)cn1. The molecular formula is C14H13ClN2O3. The van der Waals surface area contributed by atoms with Crippen LogP contribution >= 0.6 is 11.6 Å². The van der Waals surface area contributed by atoms with E-state index in [9.17, 15) is 4.79 Å². The molecule has 1 N–H and O–H groups in total. The number of benzene rings is 1. The number of methoxy groups -OCH3 is 1. The molecule has 1 amide bonds. The van der Waals surface area contributed by atoms with Crippen molar-refractivity contribution in [3.63, 3.8) is 0 Å². The molecule has 0 aliphatic carbocycles. The zero-order valence-corrected chi connectivity index (χ0v) is 11.6. The van der Waals surface area contributed by atoms with Crippen LogP contribution in [0.3, 0.4) is 0 Å². The van der Waals surface area contributed by atoms with E-state index >= 15 is 0 Å². The first-order chi connectivity index (χ1) is 9.67. The highest BCUT2D eigenvalue weighted by molar-refractivity contribution is 6.30. The molecule has 0 saturated heterocycles. The summed E-state index contributed by atoms with van der Waals surface area (Å²) in [5, 5.41) is 3.28. The zero-order valence-electron chi connectivity index (χ0n) is 10.8. The highest BCUT2D eigenvalue weighted by Crippen LogP contribution is 2.15. The molecule has 0 atom stereocenters. The van der Waals surface area contributed by atoms with Gasteiger partial charge in [-0.15, -0.1) is 0 Å². The lowest BCUT2D eigenvalue weighted by Crippen LogP contribution is -2.20. The number of nitrogens with zero attached hydrogens (tertiary/aromatic N) is 1. The average Bonchev–Trinajstić information content (AvgIpc) is 2.47. The smallest absolute Gasteiger partial charge is 0.262 e. The molecule has 2 rings (SSSR count). The van der Waals surface area contributed by atoms with E-state index in [2.05, 4.69) is 10.3 Å². The van der Waals surface area contributed by atoms with E-state index in [1.165, 1.54) is 13.3 Å². The third kappa shape index (κ3) is 4.13. The number of carbonyl (C=O) groups excluding carboxylic acids is 1. The van der Waals surface area contributed by atoms with Gasteiger partial charge in [-0.1, -0.05) is 11.6 Å². The molecule has 20 heavy (non-hydrogen) atoms. The molecule has 0 aliphatic rings. The summed E-state index contributed by atoms with van der Waals surface area (Å²) in [6.45, 7) is -0.0896. The van der Waals surface area contributed by atoms with Crippen LogP contribution in [-0.4, -0.2) is 24.6 Å². The Bertz CT molecular complexity index is 570. The number of carbonyl (C=O) groups is 1. The minimum atomic E-state index is -0.271. The summed E-state index contributed by atoms with van der Waals surface area (Å²) < 4.78 is 10.3. The topological polar surface area (TPSA) is 60.5 Å². The fourth-order valence-electron chi connectivity index (χ4n) is 1.45. The van der Waals surface area contributed by atoms with Crippen molar-refractivity contribution in [1.82, 2.24) is 4.98 Å². The molecule has 104 valence electrons. The lowest BCUT2D eigenvalue weighted by atomic mass is 10.3. The number of nitrogens with one attached hydrogen (secondary N) is 1. The fourth-order valence-corrected chi connectivity index (χ4v) is 1.58. The molecule has 5 nitrogen and oxygen atoms in total. The van der Waals surface area contributed by atoms with Crippen molar-refractivity contribution >= 4 is 23.2 Å². The van der Waals surface area contributed by atoms with Gasteiger partial charge in [0.25, 0.3) is 5.91 Å². The number of ether oxygens (including phenoxy) is 2. The number of aromatic nitrogens is 1. The van der Waals surface area contributed by atoms with E-state index in [0.717, 1.165) is 0 Å². The van der Waals surface area contributed by atoms with Crippen molar-refractivity contribution in [3.05, 3.63) is 47.6 Å². The fraction of sp³-hybridized carbons (Fsp3) is 0.143. The van der Waals surface area contributed by atoms with E-state index in [1.54, 1.807) is 36.4 Å². The molecule has 6 heteroatoms. The normalized spacial score (nSPS) is 9.90. The number of hydrogen-bond acceptors (Lipinski definition) is 4. The van der Waals surface area contributed by atoms with Crippen molar-refractivity contribution < 1.29 is 14.3 Å². The highest BCUT2D eigenvalue weighted by Gasteiger charge is 2.04. The first-order valence-electron chi connectivity index (χ1n) is 5.85. The molecule has 1 heterocycles. The van der Waals surface area contributed by atoms with Crippen molar-refractivity contribution in [3.8, 4) is 11.6 Å². The zero-order chi connectivity index (χ0) is 14.4. The maximum absolute atomic E-state index is 11.7. The second-order valence-electron chi connectivity index (χ2n) is 3.88. The molecule has 0 unspecified atom stereocenters. The first kappa shape index (κ1) is 14.1. The van der Waals surface area contributed by atoms with Gasteiger partial charge in [-0.25, -0.2) is 4.98 Å². The van der Waals surface area contributed by atoms with Crippen LogP contribution in [0.2, 0.25) is 5.02 Å². The van der Waals surface area contributed by atoms with Crippen LogP contribution in [0.5, 0.6) is 11.6 Å². The first-order valence-corrected chi connectivity index (χ1v) is 6.23. The van der Waals surface area contributed by atoms with Crippen LogP contribution in [0.25, 0.3) is 0 Å². The number of pyridine rings is 1. The Labute approximate surface area is 121 Å². The number of rotatable bonds is 5. The quantitative estimate of drug-likeness (QED) is 0.920. The molecular weight excluding hydrogens is 280 g/mol. The number of hydrogen-bond donors (Lipinski definition) is 1. The minimum absolute atomic E-state index is 0.0896. The predicted octanol–water partition coefficient (Wildman–Crippen LogP) is 2.76. The second kappa shape index (κ2) is 6.77. The summed E-state index contributed by atoms with van der Waals surface area (Å²) in [5.41, 5.74) is 0.579. The van der Waals surface area contributed by atoms with Crippen molar-refractivity contribution in [1.29, 1.82) is 0 Å². The Hall–Kier alpha value is -2.27. The Morgan fingerprint density at radius 3 is 2.60 bits per heavy atom. The monoisotopic (exact) mass is 292 g/mol.